The van der Waals surface area contributed by atoms with Crippen LogP contribution in [0, 0.1) is 0 Å². The molecule has 1 N–H and O–H groups in total. The molecule has 1 aliphatic heterocycles. The Morgan fingerprint density at radius 2 is 1.69 bits per heavy atom. The molecule has 1 aromatic rings. The first kappa shape index (κ1) is 10.9. The molecule has 1 aliphatic rings. The van der Waals surface area contributed by atoms with Crippen molar-refractivity contribution in [3.05, 3.63) is 28.7 Å². The lowest BCUT2D eigenvalue weighted by Gasteiger charge is -2.23. The molecule has 84 valence electrons. The van der Waals surface area contributed by atoms with Crippen molar-refractivity contribution in [3.63, 3.8) is 0 Å². The summed E-state index contributed by atoms with van der Waals surface area (Å²) in [6.07, 6.45) is -1.38. The third kappa shape index (κ3) is 2.73. The SMILES string of the molecule is O=C1CC(=O)OC(Nc2ccc(Br)cc2)O1. The van der Waals surface area contributed by atoms with Gasteiger partial charge in [0.15, 0.2) is 0 Å². The largest absolute Gasteiger partial charge is 0.406 e. The predicted molar refractivity (Wildman–Crippen MR) is 58.4 cm³/mol. The molecule has 16 heavy (non-hydrogen) atoms. The van der Waals surface area contributed by atoms with E-state index in [1.807, 2.05) is 12.1 Å². The number of benzene rings is 1. The summed E-state index contributed by atoms with van der Waals surface area (Å²) in [5.74, 6) is -1.18. The third-order valence-electron chi connectivity index (χ3n) is 1.89. The number of ether oxygens (including phenoxy) is 2. The average Bonchev–Trinajstić information content (AvgIpc) is 2.20. The van der Waals surface area contributed by atoms with Gasteiger partial charge < -0.3 is 14.8 Å². The smallest absolute Gasteiger partial charge is 0.329 e. The Morgan fingerprint density at radius 1 is 1.12 bits per heavy atom. The van der Waals surface area contributed by atoms with Crippen molar-refractivity contribution in [2.75, 3.05) is 5.32 Å². The maximum absolute atomic E-state index is 11.0. The highest BCUT2D eigenvalue weighted by atomic mass is 79.9. The van der Waals surface area contributed by atoms with Gasteiger partial charge in [0, 0.05) is 10.2 Å². The Labute approximate surface area is 99.9 Å². The molecule has 1 saturated heterocycles. The van der Waals surface area contributed by atoms with Gasteiger partial charge in [0.2, 0.25) is 0 Å². The molecule has 1 heterocycles. The van der Waals surface area contributed by atoms with Gasteiger partial charge in [-0.25, -0.2) is 0 Å². The first-order valence-corrected chi connectivity index (χ1v) is 5.34. The minimum Gasteiger partial charge on any atom is -0.406 e. The van der Waals surface area contributed by atoms with Crippen LogP contribution in [-0.4, -0.2) is 18.4 Å². The van der Waals surface area contributed by atoms with Crippen molar-refractivity contribution < 1.29 is 19.1 Å². The highest BCUT2D eigenvalue weighted by molar-refractivity contribution is 9.10. The molecule has 0 unspecified atom stereocenters. The summed E-state index contributed by atoms with van der Waals surface area (Å²) in [6, 6.07) is 7.16. The Hall–Kier alpha value is -1.56. The molecule has 1 fully saturated rings. The van der Waals surface area contributed by atoms with Gasteiger partial charge in [-0.1, -0.05) is 15.9 Å². The van der Waals surface area contributed by atoms with Gasteiger partial charge in [-0.15, -0.1) is 0 Å². The minimum absolute atomic E-state index is 0.335. The van der Waals surface area contributed by atoms with E-state index in [1.54, 1.807) is 12.1 Å². The molecule has 6 heteroatoms. The van der Waals surface area contributed by atoms with Crippen molar-refractivity contribution in [3.8, 4) is 0 Å². The number of esters is 2. The Bertz CT molecular complexity index is 401. The Kier molecular flexibility index (Phi) is 3.09. The molecule has 2 rings (SSSR count). The lowest BCUT2D eigenvalue weighted by atomic mass is 10.3. The number of hydrogen-bond acceptors (Lipinski definition) is 5. The summed E-state index contributed by atoms with van der Waals surface area (Å²) in [7, 11) is 0. The van der Waals surface area contributed by atoms with Gasteiger partial charge in [0.25, 0.3) is 0 Å². The molecular weight excluding hydrogens is 278 g/mol. The lowest BCUT2D eigenvalue weighted by molar-refractivity contribution is -0.197. The summed E-state index contributed by atoms with van der Waals surface area (Å²) in [6.45, 7) is 0. The first-order valence-electron chi connectivity index (χ1n) is 4.54. The molecule has 0 radical (unpaired) electrons. The molecule has 0 aliphatic carbocycles. The number of anilines is 1. The Balaban J connectivity index is 2.01. The van der Waals surface area contributed by atoms with Crippen LogP contribution in [0.3, 0.4) is 0 Å². The molecule has 1 aromatic carbocycles. The fraction of sp³-hybridized carbons (Fsp3) is 0.200. The number of hydrogen-bond donors (Lipinski definition) is 1. The van der Waals surface area contributed by atoms with E-state index >= 15 is 0 Å². The molecule has 0 bridgehead atoms. The molecule has 5 nitrogen and oxygen atoms in total. The van der Waals surface area contributed by atoms with Crippen LogP contribution in [0.5, 0.6) is 0 Å². The average molecular weight is 286 g/mol. The van der Waals surface area contributed by atoms with Crippen LogP contribution in [-0.2, 0) is 19.1 Å². The maximum atomic E-state index is 11.0. The van der Waals surface area contributed by atoms with Crippen LogP contribution in [0.15, 0.2) is 28.7 Å². The summed E-state index contributed by atoms with van der Waals surface area (Å²) in [5.41, 5.74) is 0.690. The second-order valence-corrected chi connectivity index (χ2v) is 4.06. The van der Waals surface area contributed by atoms with Gasteiger partial charge in [-0.2, -0.15) is 0 Å². The zero-order chi connectivity index (χ0) is 11.5. The molecule has 0 atom stereocenters. The van der Waals surface area contributed by atoms with E-state index in [1.165, 1.54) is 0 Å². The van der Waals surface area contributed by atoms with Gasteiger partial charge in [0.1, 0.15) is 6.42 Å². The third-order valence-corrected chi connectivity index (χ3v) is 2.42. The molecule has 0 amide bonds. The van der Waals surface area contributed by atoms with Gasteiger partial charge in [-0.3, -0.25) is 9.59 Å². The maximum Gasteiger partial charge on any atom is 0.329 e. The van der Waals surface area contributed by atoms with Crippen molar-refractivity contribution in [2.24, 2.45) is 0 Å². The van der Waals surface area contributed by atoms with Crippen LogP contribution < -0.4 is 5.32 Å². The second-order valence-electron chi connectivity index (χ2n) is 3.14. The summed E-state index contributed by atoms with van der Waals surface area (Å²) in [4.78, 5) is 21.9. The molecular formula is C10H8BrNO4. The van der Waals surface area contributed by atoms with Gasteiger partial charge >= 0.3 is 18.4 Å². The molecule has 0 spiro atoms. The standard InChI is InChI=1S/C10H8BrNO4/c11-6-1-3-7(4-2-6)12-10-15-8(13)5-9(14)16-10/h1-4,10,12H,5H2. The van der Waals surface area contributed by atoms with E-state index in [-0.39, 0.29) is 6.42 Å². The van der Waals surface area contributed by atoms with E-state index in [4.69, 9.17) is 9.47 Å². The summed E-state index contributed by atoms with van der Waals surface area (Å²) in [5, 5.41) is 2.76. The fourth-order valence-corrected chi connectivity index (χ4v) is 1.47. The van der Waals surface area contributed by atoms with E-state index in [2.05, 4.69) is 21.2 Å². The van der Waals surface area contributed by atoms with Crippen LogP contribution in [0.4, 0.5) is 5.69 Å². The van der Waals surface area contributed by atoms with Gasteiger partial charge in [0.05, 0.1) is 0 Å². The van der Waals surface area contributed by atoms with Crippen molar-refractivity contribution in [1.29, 1.82) is 0 Å². The second kappa shape index (κ2) is 4.52. The van der Waals surface area contributed by atoms with Gasteiger partial charge in [-0.05, 0) is 24.3 Å². The highest BCUT2D eigenvalue weighted by Gasteiger charge is 2.27. The monoisotopic (exact) mass is 285 g/mol. The Morgan fingerprint density at radius 3 is 2.25 bits per heavy atom. The number of nitrogens with one attached hydrogen (secondary N) is 1. The van der Waals surface area contributed by atoms with Crippen molar-refractivity contribution >= 4 is 33.6 Å². The summed E-state index contributed by atoms with van der Waals surface area (Å²) < 4.78 is 10.5. The highest BCUT2D eigenvalue weighted by Crippen LogP contribution is 2.17. The lowest BCUT2D eigenvalue weighted by Crippen LogP contribution is -2.37. The predicted octanol–water partition coefficient (Wildman–Crippen LogP) is 1.63. The topological polar surface area (TPSA) is 64.6 Å². The number of rotatable bonds is 2. The normalized spacial score (nSPS) is 16.6. The molecule has 0 saturated carbocycles. The summed E-state index contributed by atoms with van der Waals surface area (Å²) >= 11 is 3.29. The zero-order valence-electron chi connectivity index (χ0n) is 8.10. The van der Waals surface area contributed by atoms with E-state index in [0.717, 1.165) is 4.47 Å². The van der Waals surface area contributed by atoms with E-state index in [9.17, 15) is 9.59 Å². The molecule has 0 aromatic heterocycles. The number of halogens is 1. The van der Waals surface area contributed by atoms with Crippen molar-refractivity contribution in [1.82, 2.24) is 0 Å². The number of cyclic esters (lactones) is 2. The van der Waals surface area contributed by atoms with Crippen LogP contribution in [0.25, 0.3) is 0 Å². The van der Waals surface area contributed by atoms with Crippen LogP contribution in [0.1, 0.15) is 6.42 Å². The van der Waals surface area contributed by atoms with Crippen molar-refractivity contribution in [2.45, 2.75) is 12.8 Å². The first-order chi connectivity index (χ1) is 7.63. The quantitative estimate of drug-likeness (QED) is 0.661. The van der Waals surface area contributed by atoms with Crippen LogP contribution in [0.2, 0.25) is 0 Å². The fourth-order valence-electron chi connectivity index (χ4n) is 1.21. The minimum atomic E-state index is -1.05. The van der Waals surface area contributed by atoms with E-state index < -0.39 is 18.4 Å². The van der Waals surface area contributed by atoms with Crippen LogP contribution >= 0.6 is 15.9 Å². The number of carbonyl (C=O) groups excluding carboxylic acids is 2. The van der Waals surface area contributed by atoms with E-state index in [0.29, 0.717) is 5.69 Å². The number of carbonyl (C=O) groups is 2. The zero-order valence-corrected chi connectivity index (χ0v) is 9.69.